The summed E-state index contributed by atoms with van der Waals surface area (Å²) >= 11 is 0. The molecule has 1 radical (unpaired) electrons. The molecule has 6 rings (SSSR count). The van der Waals surface area contributed by atoms with Crippen LogP contribution in [0.15, 0.2) is 109 Å². The van der Waals surface area contributed by atoms with Crippen LogP contribution in [0.3, 0.4) is 0 Å². The van der Waals surface area contributed by atoms with Gasteiger partial charge in [0.2, 0.25) is 0 Å². The first-order chi connectivity index (χ1) is 32.8. The van der Waals surface area contributed by atoms with Gasteiger partial charge in [-0.1, -0.05) is 0 Å². The van der Waals surface area contributed by atoms with E-state index in [2.05, 4.69) is 30.9 Å². The van der Waals surface area contributed by atoms with Crippen LogP contribution in [0.4, 0.5) is 17.1 Å². The van der Waals surface area contributed by atoms with Gasteiger partial charge in [-0.3, -0.25) is 44.7 Å². The summed E-state index contributed by atoms with van der Waals surface area (Å²) in [6.45, 7) is 6.34. The average Bonchev–Trinajstić information content (AvgIpc) is 3.34. The molecule has 70 heavy (non-hydrogen) atoms. The van der Waals surface area contributed by atoms with E-state index in [0.717, 1.165) is 0 Å². The SMILES string of the molecule is CCNC(=O)c1cc(-c2ccc([N+](=O)[O-])cc2)cc(C(=O)O)n1.CCNC(=O)c1cc(-c2ccc([N+](=O)[O-])cc2)cc(C(=O)O)n1.CCNC(=O)c1cc(-c2ccc([N+](=O)[O-])cc2)cc(C(=O)O)n1.[Tb]. The molecule has 3 amide bonds. The predicted molar refractivity (Wildman–Crippen MR) is 244 cm³/mol. The zero-order chi connectivity index (χ0) is 50.9. The number of nitro groups is 3. The molecule has 25 heteroatoms. The molecular weight excluding hydrogens is 1070 g/mol. The largest absolute Gasteiger partial charge is 0.477 e. The molecule has 0 fully saturated rings. The van der Waals surface area contributed by atoms with Gasteiger partial charge in [0.05, 0.1) is 14.8 Å². The maximum absolute atomic E-state index is 11.9. The van der Waals surface area contributed by atoms with Gasteiger partial charge in [0, 0.05) is 94.6 Å². The number of aromatic nitrogens is 3. The molecule has 0 aliphatic carbocycles. The average molecular weight is 1100 g/mol. The maximum atomic E-state index is 11.9. The van der Waals surface area contributed by atoms with Crippen molar-refractivity contribution in [2.75, 3.05) is 19.6 Å². The number of amides is 3. The van der Waals surface area contributed by atoms with Gasteiger partial charge in [-0.05, 0) is 127 Å². The summed E-state index contributed by atoms with van der Waals surface area (Å²) in [4.78, 5) is 111. The van der Waals surface area contributed by atoms with Crippen molar-refractivity contribution in [2.45, 2.75) is 20.8 Å². The summed E-state index contributed by atoms with van der Waals surface area (Å²) < 4.78 is 0. The molecule has 0 aliphatic heterocycles. The van der Waals surface area contributed by atoms with Crippen LogP contribution in [0.1, 0.15) is 83.7 Å². The van der Waals surface area contributed by atoms with Gasteiger partial charge in [-0.15, -0.1) is 0 Å². The van der Waals surface area contributed by atoms with Crippen LogP contribution in [0, 0.1) is 69.0 Å². The second kappa shape index (κ2) is 26.1. The molecule has 6 aromatic rings. The molecule has 3 heterocycles. The number of carboxylic acid groups (broad SMARTS) is 3. The van der Waals surface area contributed by atoms with Crippen molar-refractivity contribution < 1.29 is 97.5 Å². The molecule has 3 aromatic heterocycles. The van der Waals surface area contributed by atoms with Crippen LogP contribution >= 0.6 is 0 Å². The molecule has 0 unspecified atom stereocenters. The quantitative estimate of drug-likeness (QED) is 0.0484. The first kappa shape index (κ1) is 55.7. The third-order valence-corrected chi connectivity index (χ3v) is 9.08. The van der Waals surface area contributed by atoms with Gasteiger partial charge < -0.3 is 31.3 Å². The van der Waals surface area contributed by atoms with Crippen LogP contribution in [0.5, 0.6) is 0 Å². The third kappa shape index (κ3) is 15.5. The number of benzene rings is 3. The van der Waals surface area contributed by atoms with Crippen molar-refractivity contribution in [1.29, 1.82) is 0 Å². The molecular formula is C45H39N9O15Tb. The molecule has 3 aromatic carbocycles. The fourth-order valence-electron chi connectivity index (χ4n) is 5.85. The third-order valence-electron chi connectivity index (χ3n) is 9.08. The van der Waals surface area contributed by atoms with E-state index in [1.165, 1.54) is 109 Å². The Kier molecular flexibility index (Phi) is 20.8. The van der Waals surface area contributed by atoms with Crippen molar-refractivity contribution in [1.82, 2.24) is 30.9 Å². The zero-order valence-electron chi connectivity index (χ0n) is 36.8. The van der Waals surface area contributed by atoms with Crippen LogP contribution in [-0.4, -0.2) is 100 Å². The standard InChI is InChI=1S/3C15H13N3O5.Tb/c3*1-2-16-14(19)12-7-10(8-13(17-12)15(20)21)9-3-5-11(6-4-9)18(22)23;/h3*3-8H,2H2,1H3,(H,16,19)(H,20,21);. The van der Waals surface area contributed by atoms with Gasteiger partial charge in [0.1, 0.15) is 34.2 Å². The number of hydrogen-bond acceptors (Lipinski definition) is 15. The number of aromatic carboxylic acids is 3. The van der Waals surface area contributed by atoms with E-state index < -0.39 is 50.4 Å². The number of nitrogens with one attached hydrogen (secondary N) is 3. The van der Waals surface area contributed by atoms with E-state index >= 15 is 0 Å². The molecule has 0 aliphatic rings. The van der Waals surface area contributed by atoms with E-state index in [-0.39, 0.29) is 89.8 Å². The van der Waals surface area contributed by atoms with E-state index in [1.807, 2.05) is 0 Å². The fraction of sp³-hybridized carbons (Fsp3) is 0.133. The van der Waals surface area contributed by atoms with Gasteiger partial charge in [0.25, 0.3) is 34.8 Å². The smallest absolute Gasteiger partial charge is 0.354 e. The number of non-ortho nitro benzene ring substituents is 3. The zero-order valence-corrected chi connectivity index (χ0v) is 38.9. The Hall–Kier alpha value is -8.58. The van der Waals surface area contributed by atoms with Gasteiger partial charge in [-0.25, -0.2) is 29.3 Å². The number of nitro benzene ring substituents is 3. The van der Waals surface area contributed by atoms with Crippen LogP contribution in [0.25, 0.3) is 33.4 Å². The summed E-state index contributed by atoms with van der Waals surface area (Å²) in [6.07, 6.45) is 0. The van der Waals surface area contributed by atoms with Crippen LogP contribution < -0.4 is 16.0 Å². The van der Waals surface area contributed by atoms with Crippen molar-refractivity contribution in [2.24, 2.45) is 0 Å². The molecule has 363 valence electrons. The van der Waals surface area contributed by atoms with E-state index in [4.69, 9.17) is 15.3 Å². The minimum absolute atomic E-state index is 0. The molecule has 0 atom stereocenters. The van der Waals surface area contributed by atoms with Gasteiger partial charge in [0.15, 0.2) is 0 Å². The summed E-state index contributed by atoms with van der Waals surface area (Å²) in [5.74, 6) is -5.26. The Morgan fingerprint density at radius 1 is 0.400 bits per heavy atom. The second-order valence-electron chi connectivity index (χ2n) is 13.8. The first-order valence-corrected chi connectivity index (χ1v) is 20.1. The summed E-state index contributed by atoms with van der Waals surface area (Å²) in [7, 11) is 0. The number of pyridine rings is 3. The minimum Gasteiger partial charge on any atom is -0.477 e. The Balaban J connectivity index is 0.000000276. The summed E-state index contributed by atoms with van der Waals surface area (Å²) in [5.41, 5.74) is 1.81. The monoisotopic (exact) mass is 1100 g/mol. The second-order valence-corrected chi connectivity index (χ2v) is 13.8. The Bertz CT molecular complexity index is 2640. The molecule has 0 bridgehead atoms. The minimum atomic E-state index is -1.26. The molecule has 0 saturated carbocycles. The van der Waals surface area contributed by atoms with Crippen molar-refractivity contribution in [3.05, 3.63) is 174 Å². The van der Waals surface area contributed by atoms with Crippen LogP contribution in [0.2, 0.25) is 0 Å². The molecule has 24 nitrogen and oxygen atoms in total. The number of nitrogens with zero attached hydrogens (tertiary/aromatic N) is 6. The topological polar surface area (TPSA) is 367 Å². The van der Waals surface area contributed by atoms with Crippen LogP contribution in [-0.2, 0) is 0 Å². The molecule has 6 N–H and O–H groups in total. The van der Waals surface area contributed by atoms with Crippen molar-refractivity contribution in [3.63, 3.8) is 0 Å². The Morgan fingerprint density at radius 3 is 0.771 bits per heavy atom. The number of carbonyl (C=O) groups excluding carboxylic acids is 3. The van der Waals surface area contributed by atoms with E-state index in [1.54, 1.807) is 20.8 Å². The fourth-order valence-corrected chi connectivity index (χ4v) is 5.85. The number of carboxylic acids is 3. The van der Waals surface area contributed by atoms with E-state index in [9.17, 15) is 59.1 Å². The number of rotatable bonds is 15. The predicted octanol–water partition coefficient (Wildman–Crippen LogP) is 6.31. The van der Waals surface area contributed by atoms with E-state index in [0.29, 0.717) is 53.0 Å². The van der Waals surface area contributed by atoms with Gasteiger partial charge >= 0.3 is 17.9 Å². The normalized spacial score (nSPS) is 9.99. The first-order valence-electron chi connectivity index (χ1n) is 20.1. The summed E-state index contributed by atoms with van der Waals surface area (Å²) in [6, 6.07) is 25.0. The Labute approximate surface area is 426 Å². The molecule has 0 spiro atoms. The van der Waals surface area contributed by atoms with Crippen molar-refractivity contribution >= 4 is 52.7 Å². The van der Waals surface area contributed by atoms with Crippen molar-refractivity contribution in [3.8, 4) is 33.4 Å². The number of hydrogen-bond donors (Lipinski definition) is 6. The van der Waals surface area contributed by atoms with Gasteiger partial charge in [-0.2, -0.15) is 0 Å². The number of carbonyl (C=O) groups is 6. The Morgan fingerprint density at radius 2 is 0.600 bits per heavy atom. The molecule has 0 saturated heterocycles. The maximum Gasteiger partial charge on any atom is 0.354 e. The summed E-state index contributed by atoms with van der Waals surface area (Å²) in [5, 5.41) is 67.0.